The zero-order chi connectivity index (χ0) is 14.5. The summed E-state index contributed by atoms with van der Waals surface area (Å²) in [6, 6.07) is 4.94. The summed E-state index contributed by atoms with van der Waals surface area (Å²) in [6.45, 7) is 4.45. The van der Waals surface area contributed by atoms with Crippen LogP contribution in [0.1, 0.15) is 31.7 Å². The van der Waals surface area contributed by atoms with Crippen LogP contribution in [0, 0.1) is 5.82 Å². The lowest BCUT2D eigenvalue weighted by atomic mass is 10.1. The first-order valence-corrected chi connectivity index (χ1v) is 7.48. The molecule has 1 aliphatic rings. The third-order valence-electron chi connectivity index (χ3n) is 3.51. The molecule has 1 saturated heterocycles. The maximum Gasteiger partial charge on any atom is 0.147 e. The summed E-state index contributed by atoms with van der Waals surface area (Å²) in [5, 5.41) is 0. The molecule has 1 fully saturated rings. The van der Waals surface area contributed by atoms with Crippen LogP contribution in [0.5, 0.6) is 0 Å². The number of hydrogen-bond acceptors (Lipinski definition) is 3. The maximum atomic E-state index is 14.2. The van der Waals surface area contributed by atoms with Crippen molar-refractivity contribution in [1.82, 2.24) is 0 Å². The number of piperidine rings is 1. The molecule has 20 heavy (non-hydrogen) atoms. The van der Waals surface area contributed by atoms with Gasteiger partial charge >= 0.3 is 0 Å². The highest BCUT2D eigenvalue weighted by molar-refractivity contribution is 7.80. The molecule has 1 aliphatic heterocycles. The van der Waals surface area contributed by atoms with E-state index in [9.17, 15) is 4.39 Å². The highest BCUT2D eigenvalue weighted by Crippen LogP contribution is 2.25. The van der Waals surface area contributed by atoms with Gasteiger partial charge in [0.15, 0.2) is 0 Å². The highest BCUT2D eigenvalue weighted by atomic mass is 32.1. The van der Waals surface area contributed by atoms with Gasteiger partial charge in [0.2, 0.25) is 0 Å². The van der Waals surface area contributed by atoms with Crippen LogP contribution in [0.3, 0.4) is 0 Å². The highest BCUT2D eigenvalue weighted by Gasteiger charge is 2.22. The van der Waals surface area contributed by atoms with E-state index >= 15 is 0 Å². The second-order valence-electron chi connectivity index (χ2n) is 5.11. The summed E-state index contributed by atoms with van der Waals surface area (Å²) >= 11 is 4.87. The molecule has 0 spiro atoms. The van der Waals surface area contributed by atoms with Crippen molar-refractivity contribution in [3.8, 4) is 0 Å². The van der Waals surface area contributed by atoms with Crippen LogP contribution < -0.4 is 10.6 Å². The monoisotopic (exact) mass is 296 g/mol. The number of rotatable bonds is 5. The van der Waals surface area contributed by atoms with Gasteiger partial charge in [-0.2, -0.15) is 0 Å². The summed E-state index contributed by atoms with van der Waals surface area (Å²) in [7, 11) is 0. The van der Waals surface area contributed by atoms with Crippen LogP contribution in [0.15, 0.2) is 18.2 Å². The summed E-state index contributed by atoms with van der Waals surface area (Å²) in [6.07, 6.45) is 3.26. The Bertz CT molecular complexity index is 481. The van der Waals surface area contributed by atoms with Gasteiger partial charge in [-0.3, -0.25) is 0 Å². The van der Waals surface area contributed by atoms with E-state index in [0.717, 1.165) is 39.0 Å². The van der Waals surface area contributed by atoms with E-state index in [1.807, 2.05) is 4.90 Å². The lowest BCUT2D eigenvalue weighted by Gasteiger charge is -2.34. The van der Waals surface area contributed by atoms with Crippen molar-refractivity contribution in [2.45, 2.75) is 32.3 Å². The molecule has 0 aliphatic carbocycles. The molecule has 2 N–H and O–H groups in total. The predicted molar refractivity (Wildman–Crippen MR) is 83.8 cm³/mol. The molecule has 1 unspecified atom stereocenters. The molecule has 110 valence electrons. The SMILES string of the molecule is CCCOC1CCCN(c2ccc(C(N)=S)cc2F)C1. The number of thiocarbonyl (C=S) groups is 1. The number of anilines is 1. The van der Waals surface area contributed by atoms with Crippen LogP contribution in [0.2, 0.25) is 0 Å². The second kappa shape index (κ2) is 6.99. The molecule has 2 rings (SSSR count). The van der Waals surface area contributed by atoms with E-state index in [0.29, 0.717) is 11.3 Å². The number of benzene rings is 1. The fourth-order valence-electron chi connectivity index (χ4n) is 2.49. The largest absolute Gasteiger partial charge is 0.389 e. The summed E-state index contributed by atoms with van der Waals surface area (Å²) in [4.78, 5) is 2.26. The van der Waals surface area contributed by atoms with Crippen molar-refractivity contribution in [2.24, 2.45) is 5.73 Å². The van der Waals surface area contributed by atoms with Crippen LogP contribution >= 0.6 is 12.2 Å². The Labute approximate surface area is 124 Å². The van der Waals surface area contributed by atoms with Gasteiger partial charge in [-0.1, -0.05) is 19.1 Å². The first-order valence-electron chi connectivity index (χ1n) is 7.07. The van der Waals surface area contributed by atoms with Gasteiger partial charge in [-0.25, -0.2) is 4.39 Å². The number of nitrogens with two attached hydrogens (primary N) is 1. The molecule has 0 bridgehead atoms. The first kappa shape index (κ1) is 15.2. The van der Waals surface area contributed by atoms with Crippen LogP contribution in [0.25, 0.3) is 0 Å². The number of halogens is 1. The minimum Gasteiger partial charge on any atom is -0.389 e. The Morgan fingerprint density at radius 3 is 3.00 bits per heavy atom. The van der Waals surface area contributed by atoms with Gasteiger partial charge in [0.05, 0.1) is 11.8 Å². The molecule has 1 heterocycles. The smallest absolute Gasteiger partial charge is 0.147 e. The van der Waals surface area contributed by atoms with Gasteiger partial charge in [-0.15, -0.1) is 0 Å². The second-order valence-corrected chi connectivity index (χ2v) is 5.55. The van der Waals surface area contributed by atoms with E-state index in [1.54, 1.807) is 12.1 Å². The van der Waals surface area contributed by atoms with Crippen LogP contribution in [-0.4, -0.2) is 30.8 Å². The third-order valence-corrected chi connectivity index (χ3v) is 3.74. The molecule has 5 heteroatoms. The van der Waals surface area contributed by atoms with E-state index in [1.165, 1.54) is 6.07 Å². The lowest BCUT2D eigenvalue weighted by molar-refractivity contribution is 0.0439. The molecule has 0 radical (unpaired) electrons. The number of nitrogens with zero attached hydrogens (tertiary/aromatic N) is 1. The van der Waals surface area contributed by atoms with Crippen molar-refractivity contribution in [1.29, 1.82) is 0 Å². The average molecular weight is 296 g/mol. The molecule has 1 aromatic carbocycles. The first-order chi connectivity index (χ1) is 9.61. The van der Waals surface area contributed by atoms with Crippen molar-refractivity contribution in [3.63, 3.8) is 0 Å². The standard InChI is InChI=1S/C15H21FN2OS/c1-2-8-19-12-4-3-7-18(10-12)14-6-5-11(15(17)20)9-13(14)16/h5-6,9,12H,2-4,7-8,10H2,1H3,(H2,17,20). The minimum absolute atomic E-state index is 0.193. The number of hydrogen-bond donors (Lipinski definition) is 1. The van der Waals surface area contributed by atoms with Gasteiger partial charge in [0.1, 0.15) is 10.8 Å². The normalized spacial score (nSPS) is 19.1. The van der Waals surface area contributed by atoms with Crippen LogP contribution in [0.4, 0.5) is 10.1 Å². The van der Waals surface area contributed by atoms with E-state index < -0.39 is 0 Å². The molecule has 3 nitrogen and oxygen atoms in total. The Morgan fingerprint density at radius 1 is 1.55 bits per heavy atom. The molecular weight excluding hydrogens is 275 g/mol. The predicted octanol–water partition coefficient (Wildman–Crippen LogP) is 2.86. The van der Waals surface area contributed by atoms with Gasteiger partial charge in [-0.05, 0) is 37.5 Å². The maximum absolute atomic E-state index is 14.2. The van der Waals surface area contributed by atoms with E-state index in [-0.39, 0.29) is 16.9 Å². The Hall–Kier alpha value is -1.20. The molecule has 0 amide bonds. The lowest BCUT2D eigenvalue weighted by Crippen LogP contribution is -2.40. The van der Waals surface area contributed by atoms with Gasteiger partial charge < -0.3 is 15.4 Å². The summed E-state index contributed by atoms with van der Waals surface area (Å²) < 4.78 is 20.0. The van der Waals surface area contributed by atoms with Crippen molar-refractivity contribution in [3.05, 3.63) is 29.6 Å². The summed E-state index contributed by atoms with van der Waals surface area (Å²) in [5.74, 6) is -0.272. The molecule has 0 saturated carbocycles. The number of ether oxygens (including phenoxy) is 1. The van der Waals surface area contributed by atoms with E-state index in [2.05, 4.69) is 6.92 Å². The van der Waals surface area contributed by atoms with E-state index in [4.69, 9.17) is 22.7 Å². The fourth-order valence-corrected chi connectivity index (χ4v) is 2.62. The Morgan fingerprint density at radius 2 is 2.35 bits per heavy atom. The van der Waals surface area contributed by atoms with Crippen LogP contribution in [-0.2, 0) is 4.74 Å². The zero-order valence-electron chi connectivity index (χ0n) is 11.8. The average Bonchev–Trinajstić information content (AvgIpc) is 2.45. The Balaban J connectivity index is 2.08. The molecular formula is C15H21FN2OS. The molecule has 1 atom stereocenters. The van der Waals surface area contributed by atoms with Gasteiger partial charge in [0.25, 0.3) is 0 Å². The third kappa shape index (κ3) is 3.67. The molecule has 1 aromatic rings. The van der Waals surface area contributed by atoms with Gasteiger partial charge in [0, 0.05) is 25.3 Å². The zero-order valence-corrected chi connectivity index (χ0v) is 12.6. The quantitative estimate of drug-likeness (QED) is 0.848. The fraction of sp³-hybridized carbons (Fsp3) is 0.533. The van der Waals surface area contributed by atoms with Crippen molar-refractivity contribution in [2.75, 3.05) is 24.6 Å². The minimum atomic E-state index is -0.272. The van der Waals surface area contributed by atoms with Crippen molar-refractivity contribution >= 4 is 22.9 Å². The topological polar surface area (TPSA) is 38.5 Å². The summed E-state index contributed by atoms with van der Waals surface area (Å²) in [5.41, 5.74) is 6.69. The molecule has 0 aromatic heterocycles. The Kier molecular flexibility index (Phi) is 5.31. The van der Waals surface area contributed by atoms with Crippen molar-refractivity contribution < 1.29 is 9.13 Å².